The van der Waals surface area contributed by atoms with E-state index in [4.69, 9.17) is 15.2 Å². The predicted molar refractivity (Wildman–Crippen MR) is 67.3 cm³/mol. The number of hydrogen-bond donors (Lipinski definition) is 2. The molecular weight excluding hydrogens is 250 g/mol. The number of amides is 2. The van der Waals surface area contributed by atoms with Crippen LogP contribution in [0.2, 0.25) is 0 Å². The molecule has 0 radical (unpaired) electrons. The average molecular weight is 271 g/mol. The van der Waals surface area contributed by atoms with E-state index in [0.29, 0.717) is 13.2 Å². The van der Waals surface area contributed by atoms with Gasteiger partial charge in [0.2, 0.25) is 11.8 Å². The molecule has 0 aromatic heterocycles. The molecule has 108 valence electrons. The minimum Gasteiger partial charge on any atom is -0.383 e. The first kappa shape index (κ1) is 14.2. The number of morpholine rings is 1. The topological polar surface area (TPSA) is 93.9 Å². The van der Waals surface area contributed by atoms with Gasteiger partial charge in [-0.05, 0) is 12.8 Å². The molecule has 7 nitrogen and oxygen atoms in total. The van der Waals surface area contributed by atoms with E-state index in [9.17, 15) is 9.59 Å². The standard InChI is InChI=1S/C12H21N3O4/c1-18-6-9(13)12(17)15-4-5-19-7-10(15)11(16)14-8-2-3-8/h8-10H,2-7,13H2,1H3,(H,14,16). The lowest BCUT2D eigenvalue weighted by Gasteiger charge is -2.35. The van der Waals surface area contributed by atoms with Crippen molar-refractivity contribution in [3.8, 4) is 0 Å². The van der Waals surface area contributed by atoms with E-state index >= 15 is 0 Å². The Morgan fingerprint density at radius 3 is 2.89 bits per heavy atom. The van der Waals surface area contributed by atoms with Gasteiger partial charge in [-0.2, -0.15) is 0 Å². The molecule has 7 heteroatoms. The first-order valence-corrected chi connectivity index (χ1v) is 6.56. The summed E-state index contributed by atoms with van der Waals surface area (Å²) < 4.78 is 10.2. The Labute approximate surface area is 112 Å². The SMILES string of the molecule is COCC(N)C(=O)N1CCOCC1C(=O)NC1CC1. The summed E-state index contributed by atoms with van der Waals surface area (Å²) in [5, 5.41) is 2.89. The van der Waals surface area contributed by atoms with Gasteiger partial charge in [0.15, 0.2) is 0 Å². The summed E-state index contributed by atoms with van der Waals surface area (Å²) in [7, 11) is 1.49. The zero-order chi connectivity index (χ0) is 13.8. The Balaban J connectivity index is 1.97. The maximum absolute atomic E-state index is 12.2. The fourth-order valence-corrected chi connectivity index (χ4v) is 2.07. The number of nitrogens with two attached hydrogens (primary N) is 1. The van der Waals surface area contributed by atoms with Crippen molar-refractivity contribution in [3.05, 3.63) is 0 Å². The summed E-state index contributed by atoms with van der Waals surface area (Å²) in [6, 6.07) is -1.05. The molecule has 2 rings (SSSR count). The monoisotopic (exact) mass is 271 g/mol. The highest BCUT2D eigenvalue weighted by molar-refractivity contribution is 5.90. The van der Waals surface area contributed by atoms with E-state index in [2.05, 4.69) is 5.32 Å². The third kappa shape index (κ3) is 3.65. The van der Waals surface area contributed by atoms with Gasteiger partial charge in [0.25, 0.3) is 0 Å². The van der Waals surface area contributed by atoms with Gasteiger partial charge < -0.3 is 25.4 Å². The molecule has 2 unspecified atom stereocenters. The summed E-state index contributed by atoms with van der Waals surface area (Å²) in [6.45, 7) is 1.19. The molecule has 0 bridgehead atoms. The number of carbonyl (C=O) groups excluding carboxylic acids is 2. The second-order valence-corrected chi connectivity index (χ2v) is 4.97. The van der Waals surface area contributed by atoms with Crippen LogP contribution in [0.25, 0.3) is 0 Å². The van der Waals surface area contributed by atoms with E-state index in [1.54, 1.807) is 0 Å². The van der Waals surface area contributed by atoms with E-state index < -0.39 is 12.1 Å². The maximum atomic E-state index is 12.2. The van der Waals surface area contributed by atoms with Crippen LogP contribution in [0.15, 0.2) is 0 Å². The van der Waals surface area contributed by atoms with Crippen molar-refractivity contribution in [3.63, 3.8) is 0 Å². The smallest absolute Gasteiger partial charge is 0.245 e. The third-order valence-corrected chi connectivity index (χ3v) is 3.30. The molecule has 2 amide bonds. The van der Waals surface area contributed by atoms with Crippen molar-refractivity contribution < 1.29 is 19.1 Å². The number of hydrogen-bond acceptors (Lipinski definition) is 5. The predicted octanol–water partition coefficient (Wildman–Crippen LogP) is -1.53. The number of nitrogens with one attached hydrogen (secondary N) is 1. The van der Waals surface area contributed by atoms with Crippen molar-refractivity contribution in [1.29, 1.82) is 0 Å². The van der Waals surface area contributed by atoms with Gasteiger partial charge in [0, 0.05) is 19.7 Å². The molecule has 1 heterocycles. The maximum Gasteiger partial charge on any atom is 0.245 e. The number of methoxy groups -OCH3 is 1. The largest absolute Gasteiger partial charge is 0.383 e. The molecule has 1 aliphatic carbocycles. The minimum absolute atomic E-state index is 0.146. The Morgan fingerprint density at radius 1 is 1.53 bits per heavy atom. The molecule has 2 atom stereocenters. The summed E-state index contributed by atoms with van der Waals surface area (Å²) >= 11 is 0. The van der Waals surface area contributed by atoms with Gasteiger partial charge in [-0.3, -0.25) is 9.59 Å². The van der Waals surface area contributed by atoms with Gasteiger partial charge in [0.05, 0.1) is 19.8 Å². The van der Waals surface area contributed by atoms with E-state index in [-0.39, 0.29) is 31.1 Å². The Morgan fingerprint density at radius 2 is 2.26 bits per heavy atom. The molecule has 0 aromatic carbocycles. The highest BCUT2D eigenvalue weighted by atomic mass is 16.5. The Hall–Kier alpha value is -1.18. The quantitative estimate of drug-likeness (QED) is 0.632. The van der Waals surface area contributed by atoms with Gasteiger partial charge >= 0.3 is 0 Å². The van der Waals surface area contributed by atoms with Crippen molar-refractivity contribution >= 4 is 11.8 Å². The van der Waals surface area contributed by atoms with Crippen LogP contribution in [-0.4, -0.2) is 68.3 Å². The van der Waals surface area contributed by atoms with E-state index in [1.165, 1.54) is 12.0 Å². The molecule has 19 heavy (non-hydrogen) atoms. The molecule has 0 spiro atoms. The van der Waals surface area contributed by atoms with Gasteiger partial charge in [-0.1, -0.05) is 0 Å². The zero-order valence-corrected chi connectivity index (χ0v) is 11.1. The zero-order valence-electron chi connectivity index (χ0n) is 11.1. The first-order chi connectivity index (χ1) is 9.13. The van der Waals surface area contributed by atoms with Gasteiger partial charge in [-0.15, -0.1) is 0 Å². The van der Waals surface area contributed by atoms with Crippen LogP contribution >= 0.6 is 0 Å². The molecule has 1 saturated carbocycles. The molecule has 3 N–H and O–H groups in total. The highest BCUT2D eigenvalue weighted by Crippen LogP contribution is 2.19. The Bertz CT molecular complexity index is 346. The molecule has 1 saturated heterocycles. The molecule has 1 aliphatic heterocycles. The van der Waals surface area contributed by atoms with Crippen molar-refractivity contribution in [2.45, 2.75) is 31.0 Å². The normalized spacial score (nSPS) is 24.9. The second kappa shape index (κ2) is 6.31. The van der Waals surface area contributed by atoms with Crippen LogP contribution in [0.3, 0.4) is 0 Å². The van der Waals surface area contributed by atoms with Crippen LogP contribution in [0, 0.1) is 0 Å². The lowest BCUT2D eigenvalue weighted by atomic mass is 10.1. The minimum atomic E-state index is -0.737. The fourth-order valence-electron chi connectivity index (χ4n) is 2.07. The number of nitrogens with zero attached hydrogens (tertiary/aromatic N) is 1. The number of rotatable bonds is 5. The van der Waals surface area contributed by atoms with Crippen molar-refractivity contribution in [2.24, 2.45) is 5.73 Å². The number of carbonyl (C=O) groups is 2. The number of ether oxygens (including phenoxy) is 2. The first-order valence-electron chi connectivity index (χ1n) is 6.56. The lowest BCUT2D eigenvalue weighted by molar-refractivity contribution is -0.150. The average Bonchev–Trinajstić information content (AvgIpc) is 3.22. The van der Waals surface area contributed by atoms with Crippen LogP contribution in [0.5, 0.6) is 0 Å². The van der Waals surface area contributed by atoms with E-state index in [1.807, 2.05) is 0 Å². The van der Waals surface area contributed by atoms with Crippen LogP contribution < -0.4 is 11.1 Å². The lowest BCUT2D eigenvalue weighted by Crippen LogP contribution is -2.60. The van der Waals surface area contributed by atoms with Crippen LogP contribution in [-0.2, 0) is 19.1 Å². The van der Waals surface area contributed by atoms with Crippen LogP contribution in [0.4, 0.5) is 0 Å². The Kier molecular flexibility index (Phi) is 4.73. The highest BCUT2D eigenvalue weighted by Gasteiger charge is 2.37. The molecule has 2 aliphatic rings. The molecule has 2 fully saturated rings. The summed E-state index contributed by atoms with van der Waals surface area (Å²) in [6.07, 6.45) is 2.02. The second-order valence-electron chi connectivity index (χ2n) is 4.97. The van der Waals surface area contributed by atoms with Gasteiger partial charge in [0.1, 0.15) is 12.1 Å². The van der Waals surface area contributed by atoms with Crippen molar-refractivity contribution in [1.82, 2.24) is 10.2 Å². The summed E-state index contributed by atoms with van der Waals surface area (Å²) in [5.41, 5.74) is 5.75. The fraction of sp³-hybridized carbons (Fsp3) is 0.833. The summed E-state index contributed by atoms with van der Waals surface area (Å²) in [4.78, 5) is 25.8. The van der Waals surface area contributed by atoms with Crippen LogP contribution in [0.1, 0.15) is 12.8 Å². The van der Waals surface area contributed by atoms with Crippen molar-refractivity contribution in [2.75, 3.05) is 33.5 Å². The summed E-state index contributed by atoms with van der Waals surface area (Å²) in [5.74, 6) is -0.415. The molecule has 0 aromatic rings. The third-order valence-electron chi connectivity index (χ3n) is 3.30. The molecular formula is C12H21N3O4. The van der Waals surface area contributed by atoms with Gasteiger partial charge in [-0.25, -0.2) is 0 Å². The van der Waals surface area contributed by atoms with E-state index in [0.717, 1.165) is 12.8 Å².